The van der Waals surface area contributed by atoms with Crippen molar-refractivity contribution in [2.45, 2.75) is 19.5 Å². The highest BCUT2D eigenvalue weighted by Crippen LogP contribution is 2.22. The van der Waals surface area contributed by atoms with Crippen LogP contribution in [0.3, 0.4) is 0 Å². The van der Waals surface area contributed by atoms with Gasteiger partial charge in [-0.1, -0.05) is 0 Å². The van der Waals surface area contributed by atoms with Gasteiger partial charge >= 0.3 is 0 Å². The Labute approximate surface area is 116 Å². The average Bonchev–Trinajstić information content (AvgIpc) is 2.87. The molecule has 6 heteroatoms. The Hall–Kier alpha value is -0.850. The van der Waals surface area contributed by atoms with E-state index >= 15 is 0 Å². The van der Waals surface area contributed by atoms with Gasteiger partial charge in [0.1, 0.15) is 16.6 Å². The topological polar surface area (TPSA) is 24.9 Å². The van der Waals surface area contributed by atoms with Crippen molar-refractivity contribution in [3.63, 3.8) is 0 Å². The Morgan fingerprint density at radius 3 is 2.89 bits per heavy atom. The molecule has 0 spiro atoms. The zero-order chi connectivity index (χ0) is 13.1. The monoisotopic (exact) mass is 332 g/mol. The second kappa shape index (κ2) is 5.86. The Bertz CT molecular complexity index is 531. The summed E-state index contributed by atoms with van der Waals surface area (Å²) in [6, 6.07) is 2.57. The summed E-state index contributed by atoms with van der Waals surface area (Å²) in [6.45, 7) is 2.03. The van der Waals surface area contributed by atoms with Gasteiger partial charge in [0.15, 0.2) is 0 Å². The Balaban J connectivity index is 2.09. The molecule has 1 N–H and O–H groups in total. The molecule has 1 aromatic carbocycles. The highest BCUT2D eigenvalue weighted by molar-refractivity contribution is 9.10. The molecular weight excluding hydrogens is 322 g/mol. The molecule has 0 aliphatic carbocycles. The van der Waals surface area contributed by atoms with Crippen LogP contribution in [-0.2, 0) is 6.54 Å². The molecule has 2 rings (SSSR count). The van der Waals surface area contributed by atoms with E-state index in [4.69, 9.17) is 0 Å². The quantitative estimate of drug-likeness (QED) is 0.855. The number of benzene rings is 1. The summed E-state index contributed by atoms with van der Waals surface area (Å²) in [4.78, 5) is 4.15. The van der Waals surface area contributed by atoms with Gasteiger partial charge in [0, 0.05) is 23.7 Å². The minimum atomic E-state index is -0.561. The van der Waals surface area contributed by atoms with E-state index in [1.807, 2.05) is 12.3 Å². The first-order valence-electron chi connectivity index (χ1n) is 5.34. The van der Waals surface area contributed by atoms with Crippen LogP contribution in [0.2, 0.25) is 0 Å². The van der Waals surface area contributed by atoms with E-state index in [-0.39, 0.29) is 22.6 Å². The highest BCUT2D eigenvalue weighted by Gasteiger charge is 2.14. The van der Waals surface area contributed by atoms with Gasteiger partial charge in [-0.2, -0.15) is 0 Å². The van der Waals surface area contributed by atoms with Crippen LogP contribution in [0.4, 0.5) is 8.78 Å². The van der Waals surface area contributed by atoms with Crippen molar-refractivity contribution in [3.8, 4) is 0 Å². The van der Waals surface area contributed by atoms with Gasteiger partial charge in [0.05, 0.1) is 10.5 Å². The molecule has 0 amide bonds. The molecule has 18 heavy (non-hydrogen) atoms. The van der Waals surface area contributed by atoms with Crippen molar-refractivity contribution in [2.24, 2.45) is 0 Å². The second-order valence-corrected chi connectivity index (χ2v) is 5.58. The van der Waals surface area contributed by atoms with Crippen LogP contribution < -0.4 is 5.32 Å². The first kappa shape index (κ1) is 13.6. The summed E-state index contributed by atoms with van der Waals surface area (Å²) < 4.78 is 27.5. The maximum absolute atomic E-state index is 13.7. The van der Waals surface area contributed by atoms with Crippen LogP contribution in [0.1, 0.15) is 23.5 Å². The SMILES string of the molecule is CC(NCc1c(F)ccc(Br)c1F)c1nccs1. The molecule has 0 fully saturated rings. The summed E-state index contributed by atoms with van der Waals surface area (Å²) in [7, 11) is 0. The van der Waals surface area contributed by atoms with Gasteiger partial charge in [-0.15, -0.1) is 11.3 Å². The van der Waals surface area contributed by atoms with Crippen molar-refractivity contribution in [1.29, 1.82) is 0 Å². The molecule has 1 atom stereocenters. The number of rotatable bonds is 4. The molecule has 0 saturated carbocycles. The Morgan fingerprint density at radius 1 is 1.44 bits per heavy atom. The minimum Gasteiger partial charge on any atom is -0.304 e. The summed E-state index contributed by atoms with van der Waals surface area (Å²) in [5.41, 5.74) is 0.0350. The van der Waals surface area contributed by atoms with Crippen LogP contribution in [0.25, 0.3) is 0 Å². The lowest BCUT2D eigenvalue weighted by Gasteiger charge is -2.12. The summed E-state index contributed by atoms with van der Waals surface area (Å²) in [6.07, 6.45) is 1.71. The fraction of sp³-hybridized carbons (Fsp3) is 0.250. The Morgan fingerprint density at radius 2 is 2.22 bits per heavy atom. The fourth-order valence-electron chi connectivity index (χ4n) is 1.52. The van der Waals surface area contributed by atoms with E-state index in [2.05, 4.69) is 26.2 Å². The largest absolute Gasteiger partial charge is 0.304 e. The number of hydrogen-bond acceptors (Lipinski definition) is 3. The molecular formula is C12H11BrF2N2S. The molecule has 0 bridgehead atoms. The van der Waals surface area contributed by atoms with E-state index in [1.165, 1.54) is 23.5 Å². The third-order valence-corrected chi connectivity index (χ3v) is 4.12. The first-order valence-corrected chi connectivity index (χ1v) is 7.02. The molecule has 0 radical (unpaired) electrons. The number of halogens is 3. The van der Waals surface area contributed by atoms with Gasteiger partial charge < -0.3 is 5.32 Å². The fourth-order valence-corrected chi connectivity index (χ4v) is 2.56. The molecule has 1 unspecified atom stereocenters. The molecule has 2 nitrogen and oxygen atoms in total. The van der Waals surface area contributed by atoms with Crippen molar-refractivity contribution >= 4 is 27.3 Å². The number of hydrogen-bond donors (Lipinski definition) is 1. The van der Waals surface area contributed by atoms with Crippen LogP contribution in [-0.4, -0.2) is 4.98 Å². The predicted molar refractivity (Wildman–Crippen MR) is 71.4 cm³/mol. The molecule has 0 saturated heterocycles. The maximum atomic E-state index is 13.7. The summed E-state index contributed by atoms with van der Waals surface area (Å²) in [5, 5.41) is 5.82. The average molecular weight is 333 g/mol. The van der Waals surface area contributed by atoms with E-state index in [0.717, 1.165) is 5.01 Å². The molecule has 0 aliphatic heterocycles. The van der Waals surface area contributed by atoms with Gasteiger partial charge in [-0.05, 0) is 35.0 Å². The van der Waals surface area contributed by atoms with Crippen molar-refractivity contribution in [3.05, 3.63) is 50.4 Å². The minimum absolute atomic E-state index is 0.0350. The van der Waals surface area contributed by atoms with E-state index in [1.54, 1.807) is 6.20 Å². The maximum Gasteiger partial charge on any atom is 0.144 e. The van der Waals surface area contributed by atoms with Gasteiger partial charge in [0.2, 0.25) is 0 Å². The molecule has 0 aliphatic rings. The van der Waals surface area contributed by atoms with Crippen LogP contribution in [0.5, 0.6) is 0 Å². The van der Waals surface area contributed by atoms with Gasteiger partial charge in [-0.25, -0.2) is 13.8 Å². The first-order chi connectivity index (χ1) is 8.59. The third-order valence-electron chi connectivity index (χ3n) is 2.55. The van der Waals surface area contributed by atoms with Crippen molar-refractivity contribution in [1.82, 2.24) is 10.3 Å². The zero-order valence-electron chi connectivity index (χ0n) is 9.58. The highest BCUT2D eigenvalue weighted by atomic mass is 79.9. The van der Waals surface area contributed by atoms with Crippen molar-refractivity contribution < 1.29 is 8.78 Å². The van der Waals surface area contributed by atoms with Crippen molar-refractivity contribution in [2.75, 3.05) is 0 Å². The molecule has 1 heterocycles. The zero-order valence-corrected chi connectivity index (χ0v) is 12.0. The van der Waals surface area contributed by atoms with Gasteiger partial charge in [0.25, 0.3) is 0 Å². The van der Waals surface area contributed by atoms with Crippen LogP contribution in [0.15, 0.2) is 28.2 Å². The Kier molecular flexibility index (Phi) is 4.42. The third kappa shape index (κ3) is 2.93. The lowest BCUT2D eigenvalue weighted by atomic mass is 10.2. The lowest BCUT2D eigenvalue weighted by molar-refractivity contribution is 0.506. The standard InChI is InChI=1S/C12H11BrF2N2S/c1-7(12-16-4-5-18-12)17-6-8-10(14)3-2-9(13)11(8)15/h2-5,7,17H,6H2,1H3. The van der Waals surface area contributed by atoms with E-state index in [0.29, 0.717) is 0 Å². The number of thiazole rings is 1. The number of nitrogens with zero attached hydrogens (tertiary/aromatic N) is 1. The lowest BCUT2D eigenvalue weighted by Crippen LogP contribution is -2.19. The predicted octanol–water partition coefficient (Wildman–Crippen LogP) is 4.03. The molecule has 96 valence electrons. The number of nitrogens with one attached hydrogen (secondary N) is 1. The van der Waals surface area contributed by atoms with Gasteiger partial charge in [-0.3, -0.25) is 0 Å². The van der Waals surface area contributed by atoms with Crippen LogP contribution >= 0.6 is 27.3 Å². The normalized spacial score (nSPS) is 12.7. The summed E-state index contributed by atoms with van der Waals surface area (Å²) >= 11 is 4.55. The smallest absolute Gasteiger partial charge is 0.144 e. The second-order valence-electron chi connectivity index (χ2n) is 3.79. The van der Waals surface area contributed by atoms with Crippen LogP contribution in [0, 0.1) is 11.6 Å². The number of aromatic nitrogens is 1. The summed E-state index contributed by atoms with van der Waals surface area (Å²) in [5.74, 6) is -1.11. The molecule has 2 aromatic rings. The van der Waals surface area contributed by atoms with E-state index < -0.39 is 11.6 Å². The molecule has 1 aromatic heterocycles. The van der Waals surface area contributed by atoms with E-state index in [9.17, 15) is 8.78 Å².